The predicted molar refractivity (Wildman–Crippen MR) is 61.2 cm³/mol. The first-order valence-corrected chi connectivity index (χ1v) is 5.15. The Hall–Kier alpha value is -1.36. The van der Waals surface area contributed by atoms with Crippen molar-refractivity contribution in [2.24, 2.45) is 14.1 Å². The molecule has 0 N–H and O–H groups in total. The fraction of sp³-hybridized carbons (Fsp3) is 0.200. The lowest BCUT2D eigenvalue weighted by Crippen LogP contribution is -2.18. The van der Waals surface area contributed by atoms with E-state index in [1.807, 2.05) is 0 Å². The van der Waals surface area contributed by atoms with Gasteiger partial charge in [0, 0.05) is 30.2 Å². The molecule has 2 rings (SSSR count). The van der Waals surface area contributed by atoms with Gasteiger partial charge in [-0.2, -0.15) is 0 Å². The van der Waals surface area contributed by atoms with Crippen molar-refractivity contribution < 1.29 is 4.79 Å². The number of halogens is 1. The molecule has 5 heteroatoms. The van der Waals surface area contributed by atoms with Crippen LogP contribution in [0.15, 0.2) is 21.5 Å². The Morgan fingerprint density at radius 3 is 2.67 bits per heavy atom. The summed E-state index contributed by atoms with van der Waals surface area (Å²) in [7, 11) is 3.39. The highest BCUT2D eigenvalue weighted by molar-refractivity contribution is 9.10. The average Bonchev–Trinajstić information content (AvgIpc) is 2.53. The molecule has 0 saturated carbocycles. The highest BCUT2D eigenvalue weighted by Crippen LogP contribution is 2.23. The summed E-state index contributed by atoms with van der Waals surface area (Å²) in [6.07, 6.45) is 2.44. The summed E-state index contributed by atoms with van der Waals surface area (Å²) >= 11 is 3.37. The van der Waals surface area contributed by atoms with Gasteiger partial charge < -0.3 is 9.13 Å². The molecule has 0 aliphatic carbocycles. The third-order valence-corrected chi connectivity index (χ3v) is 3.11. The van der Waals surface area contributed by atoms with Crippen LogP contribution in [0, 0.1) is 0 Å². The second-order valence-electron chi connectivity index (χ2n) is 3.40. The number of hydrogen-bond donors (Lipinski definition) is 0. The summed E-state index contributed by atoms with van der Waals surface area (Å²) in [5.41, 5.74) is 0.923. The van der Waals surface area contributed by atoms with E-state index in [0.29, 0.717) is 11.2 Å². The van der Waals surface area contributed by atoms with Crippen molar-refractivity contribution in [3.05, 3.63) is 32.8 Å². The molecule has 0 aliphatic heterocycles. The molecule has 0 amide bonds. The number of carbonyl (C=O) groups is 1. The monoisotopic (exact) mass is 268 g/mol. The van der Waals surface area contributed by atoms with Gasteiger partial charge in [-0.3, -0.25) is 9.59 Å². The van der Waals surface area contributed by atoms with Gasteiger partial charge >= 0.3 is 0 Å². The molecule has 4 nitrogen and oxygen atoms in total. The largest absolute Gasteiger partial charge is 0.337 e. The zero-order valence-corrected chi connectivity index (χ0v) is 9.91. The van der Waals surface area contributed by atoms with E-state index in [1.165, 1.54) is 4.57 Å². The van der Waals surface area contributed by atoms with Crippen molar-refractivity contribution in [2.75, 3.05) is 0 Å². The number of hydrogen-bond acceptors (Lipinski definition) is 2. The molecule has 0 spiro atoms. The lowest BCUT2D eigenvalue weighted by Gasteiger charge is -2.02. The Morgan fingerprint density at radius 2 is 2.07 bits per heavy atom. The number of carbonyl (C=O) groups excluding carboxylic acids is 1. The van der Waals surface area contributed by atoms with E-state index >= 15 is 0 Å². The van der Waals surface area contributed by atoms with Crippen LogP contribution in [-0.4, -0.2) is 15.4 Å². The number of fused-ring (bicyclic) bond motifs is 1. The van der Waals surface area contributed by atoms with Crippen LogP contribution in [0.1, 0.15) is 10.5 Å². The molecule has 0 aromatic carbocycles. The summed E-state index contributed by atoms with van der Waals surface area (Å²) in [5.74, 6) is 0. The van der Waals surface area contributed by atoms with Crippen LogP contribution in [0.4, 0.5) is 0 Å². The van der Waals surface area contributed by atoms with Gasteiger partial charge in [0.2, 0.25) is 0 Å². The third-order valence-electron chi connectivity index (χ3n) is 2.48. The maximum absolute atomic E-state index is 11.8. The molecule has 2 aromatic heterocycles. The Balaban J connectivity index is 3.07. The number of aromatic nitrogens is 2. The maximum Gasteiger partial charge on any atom is 0.274 e. The Kier molecular flexibility index (Phi) is 2.26. The molecule has 0 bridgehead atoms. The van der Waals surface area contributed by atoms with Crippen LogP contribution >= 0.6 is 15.9 Å². The van der Waals surface area contributed by atoms with Crippen molar-refractivity contribution >= 4 is 33.1 Å². The molecule has 0 aliphatic rings. The average molecular weight is 269 g/mol. The van der Waals surface area contributed by atoms with Crippen molar-refractivity contribution in [3.63, 3.8) is 0 Å². The van der Waals surface area contributed by atoms with Crippen LogP contribution in [0.3, 0.4) is 0 Å². The molecule has 0 saturated heterocycles. The normalized spacial score (nSPS) is 10.9. The lowest BCUT2D eigenvalue weighted by atomic mass is 10.3. The molecule has 2 heterocycles. The molecule has 0 unspecified atom stereocenters. The zero-order chi connectivity index (χ0) is 11.2. The van der Waals surface area contributed by atoms with Crippen LogP contribution in [0.25, 0.3) is 10.9 Å². The summed E-state index contributed by atoms with van der Waals surface area (Å²) < 4.78 is 3.90. The van der Waals surface area contributed by atoms with Crippen molar-refractivity contribution in [3.8, 4) is 0 Å². The highest BCUT2D eigenvalue weighted by atomic mass is 79.9. The fourth-order valence-corrected chi connectivity index (χ4v) is 2.25. The van der Waals surface area contributed by atoms with Crippen LogP contribution in [-0.2, 0) is 14.1 Å². The highest BCUT2D eigenvalue weighted by Gasteiger charge is 2.12. The smallest absolute Gasteiger partial charge is 0.274 e. The standard InChI is InChI=1S/C10H9BrN2O2/c1-12-4-8(11)7-3-6(5-14)13(2)9(7)10(12)15/h3-5H,1-2H3. The van der Waals surface area contributed by atoms with Gasteiger partial charge in [0.15, 0.2) is 6.29 Å². The van der Waals surface area contributed by atoms with E-state index in [0.717, 1.165) is 16.1 Å². The van der Waals surface area contributed by atoms with E-state index < -0.39 is 0 Å². The van der Waals surface area contributed by atoms with Crippen LogP contribution < -0.4 is 5.56 Å². The van der Waals surface area contributed by atoms with E-state index in [1.54, 1.807) is 30.9 Å². The number of nitrogens with zero attached hydrogens (tertiary/aromatic N) is 2. The second kappa shape index (κ2) is 3.34. The quantitative estimate of drug-likeness (QED) is 0.735. The van der Waals surface area contributed by atoms with Crippen LogP contribution in [0.2, 0.25) is 0 Å². The topological polar surface area (TPSA) is 44.0 Å². The minimum atomic E-state index is -0.108. The van der Waals surface area contributed by atoms with Crippen molar-refractivity contribution in [1.29, 1.82) is 0 Å². The molecule has 15 heavy (non-hydrogen) atoms. The Labute approximate surface area is 94.2 Å². The molecular weight excluding hydrogens is 260 g/mol. The van der Waals surface area contributed by atoms with E-state index in [-0.39, 0.29) is 5.56 Å². The first-order valence-electron chi connectivity index (χ1n) is 4.36. The van der Waals surface area contributed by atoms with Gasteiger partial charge in [-0.15, -0.1) is 0 Å². The first-order chi connectivity index (χ1) is 7.06. The van der Waals surface area contributed by atoms with Gasteiger partial charge in [-0.05, 0) is 22.0 Å². The second-order valence-corrected chi connectivity index (χ2v) is 4.26. The SMILES string of the molecule is Cn1cc(Br)c2cc(C=O)n(C)c2c1=O. The lowest BCUT2D eigenvalue weighted by molar-refractivity contribution is 0.111. The van der Waals surface area contributed by atoms with Gasteiger partial charge in [-0.25, -0.2) is 0 Å². The van der Waals surface area contributed by atoms with Gasteiger partial charge in [0.1, 0.15) is 5.52 Å². The Morgan fingerprint density at radius 1 is 1.40 bits per heavy atom. The zero-order valence-electron chi connectivity index (χ0n) is 8.32. The summed E-state index contributed by atoms with van der Waals surface area (Å²) in [6.45, 7) is 0. The molecular formula is C10H9BrN2O2. The summed E-state index contributed by atoms with van der Waals surface area (Å²) in [5, 5.41) is 0.766. The first kappa shape index (κ1) is 10.2. The van der Waals surface area contributed by atoms with E-state index in [9.17, 15) is 9.59 Å². The van der Waals surface area contributed by atoms with E-state index in [4.69, 9.17) is 0 Å². The molecule has 0 fully saturated rings. The molecule has 2 aromatic rings. The summed E-state index contributed by atoms with van der Waals surface area (Å²) in [6, 6.07) is 1.70. The van der Waals surface area contributed by atoms with Gasteiger partial charge in [0.25, 0.3) is 5.56 Å². The predicted octanol–water partition coefficient (Wildman–Crippen LogP) is 1.45. The van der Waals surface area contributed by atoms with Crippen LogP contribution in [0.5, 0.6) is 0 Å². The molecule has 0 atom stereocenters. The maximum atomic E-state index is 11.8. The number of rotatable bonds is 1. The fourth-order valence-electron chi connectivity index (χ4n) is 1.64. The van der Waals surface area contributed by atoms with Crippen molar-refractivity contribution in [2.45, 2.75) is 0 Å². The third kappa shape index (κ3) is 1.34. The molecule has 0 radical (unpaired) electrons. The summed E-state index contributed by atoms with van der Waals surface area (Å²) in [4.78, 5) is 22.6. The minimum absolute atomic E-state index is 0.108. The van der Waals surface area contributed by atoms with Gasteiger partial charge in [-0.1, -0.05) is 0 Å². The van der Waals surface area contributed by atoms with Crippen molar-refractivity contribution in [1.82, 2.24) is 9.13 Å². The van der Waals surface area contributed by atoms with Gasteiger partial charge in [0.05, 0.1) is 5.69 Å². The molecule has 78 valence electrons. The Bertz CT molecular complexity index is 610. The van der Waals surface area contributed by atoms with E-state index in [2.05, 4.69) is 15.9 Å². The number of aldehydes is 1. The number of pyridine rings is 1. The number of aryl methyl sites for hydroxylation is 2. The minimum Gasteiger partial charge on any atom is -0.337 e.